The van der Waals surface area contributed by atoms with E-state index in [0.29, 0.717) is 17.5 Å². The minimum Gasteiger partial charge on any atom is -0.208 e. The van der Waals surface area contributed by atoms with E-state index in [1.807, 2.05) is 18.2 Å². The standard InChI is InChI=1S/C52H31N3/c1-2-14-32(15-3-1)49-53-50(33-26-28-39-37-18-5-4-16-35(37)36-17-6-7-19-38(36)44(39)30-33)55-51(54-49)34-27-29-43-42-22-10-13-25-47(42)52(48(43)31-34)45-23-11-8-20-40(45)41-21-9-12-24-46(41)52/h1-31H. The third-order valence-electron chi connectivity index (χ3n) is 11.9. The summed E-state index contributed by atoms with van der Waals surface area (Å²) < 4.78 is 0. The van der Waals surface area contributed by atoms with Crippen molar-refractivity contribution < 1.29 is 0 Å². The molecule has 0 fully saturated rings. The summed E-state index contributed by atoms with van der Waals surface area (Å²) in [5, 5.41) is 7.37. The van der Waals surface area contributed by atoms with E-state index >= 15 is 0 Å². The minimum atomic E-state index is -0.449. The number of benzene rings is 9. The second-order valence-corrected chi connectivity index (χ2v) is 14.7. The molecule has 0 bridgehead atoms. The Hall–Kier alpha value is -7.23. The molecule has 1 heterocycles. The summed E-state index contributed by atoms with van der Waals surface area (Å²) in [6.45, 7) is 0. The van der Waals surface area contributed by atoms with Gasteiger partial charge in [-0.2, -0.15) is 0 Å². The monoisotopic (exact) mass is 697 g/mol. The van der Waals surface area contributed by atoms with Crippen molar-refractivity contribution in [3.05, 3.63) is 210 Å². The summed E-state index contributed by atoms with van der Waals surface area (Å²) in [5.74, 6) is 1.96. The van der Waals surface area contributed by atoms with Crippen LogP contribution in [0, 0.1) is 0 Å². The molecule has 0 saturated heterocycles. The van der Waals surface area contributed by atoms with Gasteiger partial charge in [0, 0.05) is 16.7 Å². The van der Waals surface area contributed by atoms with Crippen LogP contribution < -0.4 is 0 Å². The molecular formula is C52H31N3. The molecule has 0 aliphatic heterocycles. The Morgan fingerprint density at radius 1 is 0.255 bits per heavy atom. The van der Waals surface area contributed by atoms with E-state index in [0.717, 1.165) is 16.7 Å². The highest BCUT2D eigenvalue weighted by atomic mass is 15.0. The molecule has 1 spiro atoms. The first kappa shape index (κ1) is 30.3. The van der Waals surface area contributed by atoms with Crippen molar-refractivity contribution in [2.75, 3.05) is 0 Å². The van der Waals surface area contributed by atoms with Gasteiger partial charge in [0.2, 0.25) is 0 Å². The topological polar surface area (TPSA) is 38.7 Å². The zero-order valence-corrected chi connectivity index (χ0v) is 29.7. The van der Waals surface area contributed by atoms with E-state index in [1.54, 1.807) is 0 Å². The van der Waals surface area contributed by atoms with E-state index in [4.69, 9.17) is 15.0 Å². The number of nitrogens with zero attached hydrogens (tertiary/aromatic N) is 3. The Balaban J connectivity index is 1.10. The lowest BCUT2D eigenvalue weighted by Crippen LogP contribution is -2.25. The molecule has 0 saturated carbocycles. The Morgan fingerprint density at radius 2 is 0.636 bits per heavy atom. The molecule has 0 N–H and O–H groups in total. The van der Waals surface area contributed by atoms with Gasteiger partial charge in [0.05, 0.1) is 5.41 Å². The lowest BCUT2D eigenvalue weighted by atomic mass is 9.70. The molecule has 55 heavy (non-hydrogen) atoms. The fraction of sp³-hybridized carbons (Fsp3) is 0.0192. The second kappa shape index (κ2) is 11.4. The van der Waals surface area contributed by atoms with Crippen molar-refractivity contribution in [2.24, 2.45) is 0 Å². The predicted molar refractivity (Wildman–Crippen MR) is 225 cm³/mol. The molecule has 0 unspecified atom stereocenters. The van der Waals surface area contributed by atoms with Gasteiger partial charge in [-0.3, -0.25) is 0 Å². The molecule has 3 heteroatoms. The summed E-state index contributed by atoms with van der Waals surface area (Å²) in [7, 11) is 0. The van der Waals surface area contributed by atoms with Gasteiger partial charge in [0.1, 0.15) is 0 Å². The Bertz CT molecular complexity index is 3120. The lowest BCUT2D eigenvalue weighted by molar-refractivity contribution is 0.794. The van der Waals surface area contributed by atoms with Crippen molar-refractivity contribution in [1.82, 2.24) is 15.0 Å². The fourth-order valence-electron chi connectivity index (χ4n) is 9.63. The minimum absolute atomic E-state index is 0.449. The molecule has 0 amide bonds. The highest BCUT2D eigenvalue weighted by Crippen LogP contribution is 2.63. The van der Waals surface area contributed by atoms with Crippen molar-refractivity contribution in [3.63, 3.8) is 0 Å². The van der Waals surface area contributed by atoms with Gasteiger partial charge in [-0.15, -0.1) is 0 Å². The van der Waals surface area contributed by atoms with E-state index in [9.17, 15) is 0 Å². The quantitative estimate of drug-likeness (QED) is 0.173. The normalized spacial score (nSPS) is 13.2. The van der Waals surface area contributed by atoms with Crippen LogP contribution in [0.25, 0.3) is 88.7 Å². The Labute approximate surface area is 318 Å². The van der Waals surface area contributed by atoms with Gasteiger partial charge in [0.25, 0.3) is 0 Å². The maximum atomic E-state index is 5.30. The molecular weight excluding hydrogens is 667 g/mol. The number of aromatic nitrogens is 3. The molecule has 2 aliphatic rings. The van der Waals surface area contributed by atoms with Crippen LogP contribution in [-0.2, 0) is 5.41 Å². The molecule has 3 nitrogen and oxygen atoms in total. The third kappa shape index (κ3) is 4.18. The summed E-state index contributed by atoms with van der Waals surface area (Å²) in [5.41, 5.74) is 12.7. The first-order valence-corrected chi connectivity index (χ1v) is 18.9. The van der Waals surface area contributed by atoms with Crippen molar-refractivity contribution in [2.45, 2.75) is 5.41 Å². The third-order valence-corrected chi connectivity index (χ3v) is 11.9. The van der Waals surface area contributed by atoms with Crippen molar-refractivity contribution >= 4 is 32.3 Å². The number of rotatable bonds is 3. The maximum absolute atomic E-state index is 5.30. The van der Waals surface area contributed by atoms with Crippen LogP contribution >= 0.6 is 0 Å². The summed E-state index contributed by atoms with van der Waals surface area (Å²) in [4.78, 5) is 15.7. The fourth-order valence-corrected chi connectivity index (χ4v) is 9.63. The van der Waals surface area contributed by atoms with Gasteiger partial charge >= 0.3 is 0 Å². The lowest BCUT2D eigenvalue weighted by Gasteiger charge is -2.30. The van der Waals surface area contributed by atoms with Crippen LogP contribution in [0.15, 0.2) is 188 Å². The van der Waals surface area contributed by atoms with E-state index in [2.05, 4.69) is 170 Å². The first-order chi connectivity index (χ1) is 27.3. The van der Waals surface area contributed by atoms with Gasteiger partial charge in [-0.1, -0.05) is 176 Å². The molecule has 12 rings (SSSR count). The largest absolute Gasteiger partial charge is 0.208 e. The summed E-state index contributed by atoms with van der Waals surface area (Å²) >= 11 is 0. The van der Waals surface area contributed by atoms with Crippen LogP contribution in [-0.4, -0.2) is 15.0 Å². The van der Waals surface area contributed by atoms with E-state index in [1.165, 1.54) is 76.8 Å². The number of fused-ring (bicyclic) bond motifs is 16. The Kier molecular flexibility index (Phi) is 6.26. The smallest absolute Gasteiger partial charge is 0.164 e. The summed E-state index contributed by atoms with van der Waals surface area (Å²) in [6, 6.07) is 67.9. The van der Waals surface area contributed by atoms with Crippen molar-refractivity contribution in [1.29, 1.82) is 0 Å². The van der Waals surface area contributed by atoms with Crippen LogP contribution in [0.4, 0.5) is 0 Å². The maximum Gasteiger partial charge on any atom is 0.164 e. The molecule has 9 aromatic carbocycles. The van der Waals surface area contributed by atoms with Crippen LogP contribution in [0.2, 0.25) is 0 Å². The molecule has 2 aliphatic carbocycles. The van der Waals surface area contributed by atoms with Gasteiger partial charge < -0.3 is 0 Å². The SMILES string of the molecule is c1ccc(-c2nc(-c3ccc4c(c3)C3(c5ccccc5-c5ccccc53)c3ccccc3-4)nc(-c3ccc4c5ccccc5c5ccccc5c4c3)n2)cc1. The van der Waals surface area contributed by atoms with Gasteiger partial charge in [-0.05, 0) is 89.0 Å². The van der Waals surface area contributed by atoms with Crippen LogP contribution in [0.5, 0.6) is 0 Å². The summed E-state index contributed by atoms with van der Waals surface area (Å²) in [6.07, 6.45) is 0. The molecule has 254 valence electrons. The van der Waals surface area contributed by atoms with Gasteiger partial charge in [0.15, 0.2) is 17.5 Å². The molecule has 0 radical (unpaired) electrons. The van der Waals surface area contributed by atoms with E-state index in [-0.39, 0.29) is 0 Å². The zero-order chi connectivity index (χ0) is 36.1. The molecule has 10 aromatic rings. The first-order valence-electron chi connectivity index (χ1n) is 18.9. The average molecular weight is 698 g/mol. The number of hydrogen-bond acceptors (Lipinski definition) is 3. The highest BCUT2D eigenvalue weighted by molar-refractivity contribution is 6.25. The van der Waals surface area contributed by atoms with Crippen LogP contribution in [0.3, 0.4) is 0 Å². The number of hydrogen-bond donors (Lipinski definition) is 0. The average Bonchev–Trinajstić information content (AvgIpc) is 3.73. The van der Waals surface area contributed by atoms with Crippen molar-refractivity contribution in [3.8, 4) is 56.4 Å². The zero-order valence-electron chi connectivity index (χ0n) is 29.7. The Morgan fingerprint density at radius 3 is 1.18 bits per heavy atom. The van der Waals surface area contributed by atoms with Crippen LogP contribution in [0.1, 0.15) is 22.3 Å². The highest BCUT2D eigenvalue weighted by Gasteiger charge is 2.51. The predicted octanol–water partition coefficient (Wildman–Crippen LogP) is 12.7. The molecule has 0 atom stereocenters. The molecule has 1 aromatic heterocycles. The second-order valence-electron chi connectivity index (χ2n) is 14.7. The van der Waals surface area contributed by atoms with E-state index < -0.39 is 5.41 Å². The van der Waals surface area contributed by atoms with Gasteiger partial charge in [-0.25, -0.2) is 15.0 Å².